The molecular formula is C18H36N2O4. The van der Waals surface area contributed by atoms with Crippen LogP contribution in [0.3, 0.4) is 0 Å². The first-order chi connectivity index (χ1) is 10.6. The normalized spacial score (nSPS) is 12.7. The van der Waals surface area contributed by atoms with Crippen molar-refractivity contribution in [2.45, 2.75) is 85.0 Å². The van der Waals surface area contributed by atoms with Crippen LogP contribution in [0, 0.1) is 0 Å². The van der Waals surface area contributed by atoms with Gasteiger partial charge in [-0.05, 0) is 61.3 Å². The van der Waals surface area contributed by atoms with Crippen LogP contribution in [0.15, 0.2) is 0 Å². The number of nitrogens with zero attached hydrogens (tertiary/aromatic N) is 1. The molecule has 6 nitrogen and oxygen atoms in total. The lowest BCUT2D eigenvalue weighted by atomic mass is 10.0. The highest BCUT2D eigenvalue weighted by Crippen LogP contribution is 2.18. The number of rotatable bonds is 8. The van der Waals surface area contributed by atoms with Crippen molar-refractivity contribution in [2.75, 3.05) is 20.2 Å². The fourth-order valence-electron chi connectivity index (χ4n) is 2.06. The van der Waals surface area contributed by atoms with Crippen LogP contribution in [0.25, 0.3) is 0 Å². The van der Waals surface area contributed by atoms with Gasteiger partial charge in [0.2, 0.25) is 5.91 Å². The zero-order chi connectivity index (χ0) is 19.2. The van der Waals surface area contributed by atoms with Gasteiger partial charge in [0, 0.05) is 32.7 Å². The molecule has 0 aliphatic carbocycles. The number of amides is 2. The molecule has 0 saturated carbocycles. The molecule has 24 heavy (non-hydrogen) atoms. The fraction of sp³-hybridized carbons (Fsp3) is 0.889. The second-order valence-corrected chi connectivity index (χ2v) is 8.58. The van der Waals surface area contributed by atoms with Crippen LogP contribution < -0.4 is 5.32 Å². The van der Waals surface area contributed by atoms with Crippen LogP contribution in [0.4, 0.5) is 4.79 Å². The summed E-state index contributed by atoms with van der Waals surface area (Å²) in [5, 5.41) is 2.90. The number of carbonyl (C=O) groups is 2. The Balaban J connectivity index is 4.26. The highest BCUT2D eigenvalue weighted by Gasteiger charge is 2.25. The smallest absolute Gasteiger partial charge is 0.410 e. The van der Waals surface area contributed by atoms with Crippen molar-refractivity contribution in [3.8, 4) is 0 Å². The van der Waals surface area contributed by atoms with E-state index in [2.05, 4.69) is 5.32 Å². The number of ether oxygens (including phenoxy) is 2. The van der Waals surface area contributed by atoms with Gasteiger partial charge in [-0.3, -0.25) is 4.79 Å². The number of nitrogens with one attached hydrogen (secondary N) is 1. The maximum atomic E-state index is 11.9. The van der Waals surface area contributed by atoms with Gasteiger partial charge in [0.05, 0.1) is 5.60 Å². The number of hydrogen-bond donors (Lipinski definition) is 1. The molecule has 0 aromatic carbocycles. The second kappa shape index (κ2) is 8.70. The van der Waals surface area contributed by atoms with E-state index in [1.807, 2.05) is 48.5 Å². The monoisotopic (exact) mass is 344 g/mol. The van der Waals surface area contributed by atoms with Crippen molar-refractivity contribution in [1.82, 2.24) is 10.2 Å². The molecule has 0 saturated heterocycles. The summed E-state index contributed by atoms with van der Waals surface area (Å²) in [6.07, 6.45) is 1.09. The summed E-state index contributed by atoms with van der Waals surface area (Å²) in [4.78, 5) is 24.7. The highest BCUT2D eigenvalue weighted by atomic mass is 16.6. The van der Waals surface area contributed by atoms with Gasteiger partial charge >= 0.3 is 6.09 Å². The molecule has 0 aliphatic heterocycles. The molecule has 0 unspecified atom stereocenters. The Bertz CT molecular complexity index is 425. The molecule has 142 valence electrons. The first-order valence-electron chi connectivity index (χ1n) is 8.50. The third-order valence-corrected chi connectivity index (χ3v) is 3.49. The van der Waals surface area contributed by atoms with Crippen molar-refractivity contribution >= 4 is 12.0 Å². The molecule has 0 atom stereocenters. The lowest BCUT2D eigenvalue weighted by molar-refractivity contribution is -0.120. The van der Waals surface area contributed by atoms with Gasteiger partial charge in [0.15, 0.2) is 0 Å². The number of hydrogen-bond acceptors (Lipinski definition) is 4. The topological polar surface area (TPSA) is 67.9 Å². The zero-order valence-electron chi connectivity index (χ0n) is 16.9. The third kappa shape index (κ3) is 11.3. The molecule has 1 N–H and O–H groups in total. The maximum absolute atomic E-state index is 11.9. The van der Waals surface area contributed by atoms with Crippen molar-refractivity contribution in [1.29, 1.82) is 0 Å². The van der Waals surface area contributed by atoms with Gasteiger partial charge in [-0.15, -0.1) is 0 Å². The van der Waals surface area contributed by atoms with Crippen LogP contribution >= 0.6 is 0 Å². The van der Waals surface area contributed by atoms with E-state index in [9.17, 15) is 9.59 Å². The molecule has 6 heteroatoms. The number of carbonyl (C=O) groups excluding carboxylic acids is 2. The van der Waals surface area contributed by atoms with E-state index in [0.29, 0.717) is 19.6 Å². The van der Waals surface area contributed by atoms with E-state index in [-0.39, 0.29) is 23.1 Å². The summed E-state index contributed by atoms with van der Waals surface area (Å²) >= 11 is 0. The average molecular weight is 344 g/mol. The lowest BCUT2D eigenvalue weighted by Crippen LogP contribution is -2.44. The summed E-state index contributed by atoms with van der Waals surface area (Å²) < 4.78 is 11.3. The van der Waals surface area contributed by atoms with Gasteiger partial charge in [-0.2, -0.15) is 0 Å². The largest absolute Gasteiger partial charge is 0.444 e. The predicted molar refractivity (Wildman–Crippen MR) is 96.0 cm³/mol. The lowest BCUT2D eigenvalue weighted by Gasteiger charge is -2.31. The van der Waals surface area contributed by atoms with E-state index in [1.165, 1.54) is 6.92 Å². The molecule has 0 aromatic heterocycles. The summed E-state index contributed by atoms with van der Waals surface area (Å²) in [5.74, 6) is -0.0433. The molecular weight excluding hydrogens is 308 g/mol. The van der Waals surface area contributed by atoms with Gasteiger partial charge < -0.3 is 19.7 Å². The molecule has 0 bridgehead atoms. The van der Waals surface area contributed by atoms with Gasteiger partial charge in [0.1, 0.15) is 5.60 Å². The summed E-state index contributed by atoms with van der Waals surface area (Å²) in [7, 11) is 1.73. The molecule has 0 aliphatic rings. The van der Waals surface area contributed by atoms with Crippen LogP contribution in [-0.4, -0.2) is 53.8 Å². The molecule has 0 rings (SSSR count). The Hall–Kier alpha value is -1.30. The summed E-state index contributed by atoms with van der Waals surface area (Å²) in [6.45, 7) is 16.1. The standard InChI is InChI=1S/C18H36N2O4/c1-14(21)19-17(5,6)11-13-23-18(7,8)10-12-20(9)15(22)24-16(2,3)4/h10-13H2,1-9H3,(H,19,21). The van der Waals surface area contributed by atoms with Crippen molar-refractivity contribution in [3.63, 3.8) is 0 Å². The predicted octanol–water partition coefficient (Wildman–Crippen LogP) is 3.34. The van der Waals surface area contributed by atoms with Crippen LogP contribution in [0.5, 0.6) is 0 Å². The minimum Gasteiger partial charge on any atom is -0.444 e. The quantitative estimate of drug-likeness (QED) is 0.733. The molecule has 2 amide bonds. The molecule has 0 aromatic rings. The van der Waals surface area contributed by atoms with Gasteiger partial charge in [-0.25, -0.2) is 4.79 Å². The summed E-state index contributed by atoms with van der Waals surface area (Å²) in [6, 6.07) is 0. The minimum atomic E-state index is -0.493. The molecule has 0 spiro atoms. The van der Waals surface area contributed by atoms with Crippen LogP contribution in [-0.2, 0) is 14.3 Å². The first kappa shape index (κ1) is 22.7. The fourth-order valence-corrected chi connectivity index (χ4v) is 2.06. The van der Waals surface area contributed by atoms with Crippen molar-refractivity contribution in [2.24, 2.45) is 0 Å². The van der Waals surface area contributed by atoms with E-state index in [1.54, 1.807) is 11.9 Å². The zero-order valence-corrected chi connectivity index (χ0v) is 16.9. The summed E-state index contributed by atoms with van der Waals surface area (Å²) in [5.41, 5.74) is -1.15. The van der Waals surface area contributed by atoms with Crippen LogP contribution in [0.1, 0.15) is 68.2 Å². The van der Waals surface area contributed by atoms with Crippen molar-refractivity contribution < 1.29 is 19.1 Å². The van der Waals surface area contributed by atoms with E-state index < -0.39 is 5.60 Å². The van der Waals surface area contributed by atoms with Gasteiger partial charge in [0.25, 0.3) is 0 Å². The van der Waals surface area contributed by atoms with E-state index in [4.69, 9.17) is 9.47 Å². The Morgan fingerprint density at radius 2 is 1.54 bits per heavy atom. The van der Waals surface area contributed by atoms with Crippen LogP contribution in [0.2, 0.25) is 0 Å². The van der Waals surface area contributed by atoms with E-state index >= 15 is 0 Å². The van der Waals surface area contributed by atoms with E-state index in [0.717, 1.165) is 6.42 Å². The molecule has 0 heterocycles. The molecule has 0 radical (unpaired) electrons. The first-order valence-corrected chi connectivity index (χ1v) is 8.50. The third-order valence-electron chi connectivity index (χ3n) is 3.49. The Labute approximate surface area is 147 Å². The van der Waals surface area contributed by atoms with Crippen molar-refractivity contribution in [3.05, 3.63) is 0 Å². The maximum Gasteiger partial charge on any atom is 0.410 e. The SMILES string of the molecule is CC(=O)NC(C)(C)CCOC(C)(C)CCN(C)C(=O)OC(C)(C)C. The van der Waals surface area contributed by atoms with Gasteiger partial charge in [-0.1, -0.05) is 0 Å². The average Bonchev–Trinajstić information content (AvgIpc) is 2.31. The molecule has 0 fully saturated rings. The Morgan fingerprint density at radius 1 is 1.00 bits per heavy atom. The minimum absolute atomic E-state index is 0.0433. The Morgan fingerprint density at radius 3 is 2.00 bits per heavy atom. The Kier molecular flexibility index (Phi) is 8.22. The second-order valence-electron chi connectivity index (χ2n) is 8.58. The highest BCUT2D eigenvalue weighted by molar-refractivity contribution is 5.73.